The van der Waals surface area contributed by atoms with Gasteiger partial charge in [0.05, 0.1) is 30.0 Å². The third kappa shape index (κ3) is 3.73. The Morgan fingerprint density at radius 3 is 2.92 bits per heavy atom. The van der Waals surface area contributed by atoms with Gasteiger partial charge < -0.3 is 9.29 Å². The summed E-state index contributed by atoms with van der Waals surface area (Å²) in [6.07, 6.45) is 5.64. The van der Waals surface area contributed by atoms with E-state index in [1.54, 1.807) is 13.3 Å². The van der Waals surface area contributed by atoms with E-state index in [4.69, 9.17) is 4.74 Å². The topological polar surface area (TPSA) is 73.9 Å². The van der Waals surface area contributed by atoms with Gasteiger partial charge in [-0.3, -0.25) is 9.97 Å². The van der Waals surface area contributed by atoms with Crippen molar-refractivity contribution in [1.82, 2.24) is 15.0 Å². The van der Waals surface area contributed by atoms with E-state index >= 15 is 0 Å². The third-order valence-corrected chi connectivity index (χ3v) is 6.05. The number of nitrogens with one attached hydrogen (secondary N) is 1. The van der Waals surface area contributed by atoms with Crippen LogP contribution < -0.4 is 4.74 Å². The number of aromatic amines is 1. The van der Waals surface area contributed by atoms with E-state index in [-0.39, 0.29) is 34.8 Å². The molecule has 25 heavy (non-hydrogen) atoms. The average molecular weight is 365 g/mol. The number of pyridine rings is 1. The maximum atomic E-state index is 13.2. The van der Waals surface area contributed by atoms with Crippen LogP contribution in [0.5, 0.6) is 5.75 Å². The molecule has 2 heterocycles. The number of nitrogens with zero attached hydrogens (tertiary/aromatic N) is 2. The minimum atomic E-state index is -1.25. The number of H-pyrrole nitrogens is 1. The van der Waals surface area contributed by atoms with Crippen molar-refractivity contribution >= 4 is 51.8 Å². The fraction of sp³-hybridized carbons (Fsp3) is 0.333. The first-order valence-electron chi connectivity index (χ1n) is 8.14. The summed E-state index contributed by atoms with van der Waals surface area (Å²) in [4.78, 5) is 12.3. The van der Waals surface area contributed by atoms with Gasteiger partial charge in [0.1, 0.15) is 5.75 Å². The zero-order chi connectivity index (χ0) is 16.5. The summed E-state index contributed by atoms with van der Waals surface area (Å²) in [5.74, 6) is 0.754. The van der Waals surface area contributed by atoms with Crippen molar-refractivity contribution in [2.45, 2.75) is 36.1 Å². The molecular formula is C18H20N3NaO2S. The van der Waals surface area contributed by atoms with Gasteiger partial charge >= 0.3 is 34.7 Å². The van der Waals surface area contributed by atoms with Crippen LogP contribution in [0.15, 0.2) is 41.7 Å². The SMILES string of the molecule is COc1cnc2c(c1)CCCC[C@H]2[S@+]([O-])c1nc2ccccc2[nH]1.[NaH]. The summed E-state index contributed by atoms with van der Waals surface area (Å²) in [6, 6.07) is 9.78. The van der Waals surface area contributed by atoms with E-state index < -0.39 is 11.2 Å². The summed E-state index contributed by atoms with van der Waals surface area (Å²) >= 11 is -1.25. The van der Waals surface area contributed by atoms with Gasteiger partial charge in [-0.05, 0) is 43.0 Å². The molecule has 0 aliphatic heterocycles. The molecule has 0 amide bonds. The molecule has 2 atom stereocenters. The average Bonchev–Trinajstić information content (AvgIpc) is 2.94. The van der Waals surface area contributed by atoms with Crippen LogP contribution in [-0.4, -0.2) is 56.2 Å². The molecule has 4 rings (SSSR count). The summed E-state index contributed by atoms with van der Waals surface area (Å²) < 4.78 is 18.5. The van der Waals surface area contributed by atoms with Crippen LogP contribution >= 0.6 is 0 Å². The minimum absolute atomic E-state index is 0. The van der Waals surface area contributed by atoms with Crippen LogP contribution in [0.4, 0.5) is 0 Å². The van der Waals surface area contributed by atoms with E-state index in [1.807, 2.05) is 30.3 Å². The Bertz CT molecular complexity index is 837. The molecule has 0 saturated carbocycles. The number of fused-ring (bicyclic) bond motifs is 2. The van der Waals surface area contributed by atoms with E-state index in [0.717, 1.165) is 53.7 Å². The normalized spacial score (nSPS) is 18.1. The van der Waals surface area contributed by atoms with E-state index in [9.17, 15) is 4.55 Å². The second-order valence-corrected chi connectivity index (χ2v) is 7.56. The Morgan fingerprint density at radius 2 is 2.12 bits per heavy atom. The molecule has 0 radical (unpaired) electrons. The van der Waals surface area contributed by atoms with Crippen LogP contribution in [0.25, 0.3) is 11.0 Å². The van der Waals surface area contributed by atoms with Gasteiger partial charge in [-0.2, -0.15) is 4.98 Å². The molecule has 7 heteroatoms. The van der Waals surface area contributed by atoms with Crippen LogP contribution in [0.2, 0.25) is 0 Å². The zero-order valence-corrected chi connectivity index (χ0v) is 14.3. The first-order valence-corrected chi connectivity index (χ1v) is 9.35. The monoisotopic (exact) mass is 365 g/mol. The fourth-order valence-corrected chi connectivity index (χ4v) is 4.71. The van der Waals surface area contributed by atoms with Crippen molar-refractivity contribution in [3.63, 3.8) is 0 Å². The summed E-state index contributed by atoms with van der Waals surface area (Å²) in [7, 11) is 1.64. The van der Waals surface area contributed by atoms with Crippen molar-refractivity contribution in [2.24, 2.45) is 0 Å². The number of para-hydroxylation sites is 2. The van der Waals surface area contributed by atoms with E-state index in [2.05, 4.69) is 15.0 Å². The molecule has 0 saturated heterocycles. The summed E-state index contributed by atoms with van der Waals surface area (Å²) in [5, 5.41) is 0.403. The standard InChI is InChI=1S/C18H19N3O2S.Na.H/c1-23-13-10-12-6-2-5-9-16(17(12)19-11-13)24(22)18-20-14-7-3-4-8-15(14)21-18;;/h3-4,7-8,10-11,16H,2,5-6,9H2,1H3,(H,20,21);;/t16-,24+;;/m1../s1. The molecule has 1 aromatic carbocycles. The van der Waals surface area contributed by atoms with Gasteiger partial charge in [-0.1, -0.05) is 12.1 Å². The summed E-state index contributed by atoms with van der Waals surface area (Å²) in [6.45, 7) is 0. The number of hydrogen-bond donors (Lipinski definition) is 1. The molecule has 0 fully saturated rings. The Morgan fingerprint density at radius 1 is 1.28 bits per heavy atom. The van der Waals surface area contributed by atoms with E-state index in [0.29, 0.717) is 5.16 Å². The number of rotatable bonds is 3. The second kappa shape index (κ2) is 8.10. The van der Waals surface area contributed by atoms with Crippen LogP contribution in [0.1, 0.15) is 35.8 Å². The number of benzene rings is 1. The molecule has 1 N–H and O–H groups in total. The molecule has 2 aromatic heterocycles. The van der Waals surface area contributed by atoms with Gasteiger partial charge in [0.15, 0.2) is 5.25 Å². The van der Waals surface area contributed by atoms with Gasteiger partial charge in [0.25, 0.3) is 0 Å². The second-order valence-electron chi connectivity index (χ2n) is 6.01. The third-order valence-electron chi connectivity index (χ3n) is 4.50. The molecule has 0 spiro atoms. The number of ether oxygens (including phenoxy) is 1. The van der Waals surface area contributed by atoms with E-state index in [1.165, 1.54) is 0 Å². The predicted molar refractivity (Wildman–Crippen MR) is 101 cm³/mol. The van der Waals surface area contributed by atoms with Gasteiger partial charge in [-0.15, -0.1) is 0 Å². The molecule has 126 valence electrons. The Balaban J connectivity index is 0.00000182. The number of hydrogen-bond acceptors (Lipinski definition) is 4. The maximum absolute atomic E-state index is 13.2. The Labute approximate surface area is 172 Å². The van der Waals surface area contributed by atoms with Crippen LogP contribution in [0.3, 0.4) is 0 Å². The number of imidazole rings is 1. The Hall–Kier alpha value is -1.05. The van der Waals surface area contributed by atoms with Gasteiger partial charge in [-0.25, -0.2) is 0 Å². The first kappa shape index (κ1) is 18.7. The molecule has 5 nitrogen and oxygen atoms in total. The van der Waals surface area contributed by atoms with Crippen LogP contribution in [-0.2, 0) is 17.6 Å². The van der Waals surface area contributed by atoms with Crippen molar-refractivity contribution in [3.8, 4) is 5.75 Å². The molecule has 3 aromatic rings. The Kier molecular flexibility index (Phi) is 6.07. The molecule has 0 unspecified atom stereocenters. The molecule has 1 aliphatic rings. The van der Waals surface area contributed by atoms with Crippen molar-refractivity contribution in [1.29, 1.82) is 0 Å². The molecule has 1 aliphatic carbocycles. The number of aromatic nitrogens is 3. The fourth-order valence-electron chi connectivity index (χ4n) is 3.25. The number of methoxy groups -OCH3 is 1. The predicted octanol–water partition coefficient (Wildman–Crippen LogP) is 2.89. The van der Waals surface area contributed by atoms with Crippen molar-refractivity contribution in [2.75, 3.05) is 7.11 Å². The quantitative estimate of drug-likeness (QED) is 0.440. The first-order chi connectivity index (χ1) is 11.8. The zero-order valence-electron chi connectivity index (χ0n) is 13.5. The van der Waals surface area contributed by atoms with Gasteiger partial charge in [0, 0.05) is 17.6 Å². The van der Waals surface area contributed by atoms with Crippen LogP contribution in [0, 0.1) is 0 Å². The van der Waals surface area contributed by atoms with Crippen molar-refractivity contribution in [3.05, 3.63) is 47.8 Å². The molecule has 0 bridgehead atoms. The van der Waals surface area contributed by atoms with Crippen molar-refractivity contribution < 1.29 is 9.29 Å². The number of aryl methyl sites for hydroxylation is 1. The summed E-state index contributed by atoms with van der Waals surface area (Å²) in [5.41, 5.74) is 3.82. The van der Waals surface area contributed by atoms with Gasteiger partial charge in [0.2, 0.25) is 0 Å². The molecular weight excluding hydrogens is 345 g/mol.